The van der Waals surface area contributed by atoms with Crippen LogP contribution in [0.5, 0.6) is 5.75 Å². The highest BCUT2D eigenvalue weighted by molar-refractivity contribution is 6.32. The van der Waals surface area contributed by atoms with Crippen LogP contribution in [0.4, 0.5) is 5.69 Å². The second kappa shape index (κ2) is 8.92. The zero-order chi connectivity index (χ0) is 19.2. The Morgan fingerprint density at radius 3 is 2.96 bits per heavy atom. The SMILES string of the molecule is COc1cc(NC(=O)CNC2CCCN(C(=O)c3ccco3)C2)ccc1Cl. The monoisotopic (exact) mass is 391 g/mol. The molecule has 0 radical (unpaired) electrons. The number of benzene rings is 1. The van der Waals surface area contributed by atoms with Crippen LogP contribution in [0.3, 0.4) is 0 Å². The Morgan fingerprint density at radius 2 is 2.22 bits per heavy atom. The lowest BCUT2D eigenvalue weighted by Crippen LogP contribution is -2.49. The molecule has 2 heterocycles. The molecule has 7 nitrogen and oxygen atoms in total. The maximum Gasteiger partial charge on any atom is 0.289 e. The van der Waals surface area contributed by atoms with Gasteiger partial charge in [-0.15, -0.1) is 0 Å². The number of halogens is 1. The summed E-state index contributed by atoms with van der Waals surface area (Å²) in [5, 5.41) is 6.51. The minimum absolute atomic E-state index is 0.0585. The van der Waals surface area contributed by atoms with E-state index in [4.69, 9.17) is 20.8 Å². The first-order valence-electron chi connectivity index (χ1n) is 8.76. The molecule has 1 saturated heterocycles. The number of nitrogens with zero attached hydrogens (tertiary/aromatic N) is 1. The third kappa shape index (κ3) is 5.02. The molecule has 1 fully saturated rings. The Hall–Kier alpha value is -2.51. The number of nitrogens with one attached hydrogen (secondary N) is 2. The summed E-state index contributed by atoms with van der Waals surface area (Å²) in [4.78, 5) is 26.3. The van der Waals surface area contributed by atoms with Crippen LogP contribution in [-0.4, -0.2) is 49.5 Å². The summed E-state index contributed by atoms with van der Waals surface area (Å²) in [5.74, 6) is 0.546. The lowest BCUT2D eigenvalue weighted by Gasteiger charge is -2.32. The van der Waals surface area contributed by atoms with Gasteiger partial charge in [0.25, 0.3) is 5.91 Å². The predicted octanol–water partition coefficient (Wildman–Crippen LogP) is 2.77. The van der Waals surface area contributed by atoms with E-state index in [-0.39, 0.29) is 24.4 Å². The molecule has 0 spiro atoms. The molecule has 1 aromatic carbocycles. The molecule has 2 aromatic rings. The molecule has 3 rings (SSSR count). The number of hydrogen-bond acceptors (Lipinski definition) is 5. The molecule has 1 aliphatic rings. The van der Waals surface area contributed by atoms with E-state index in [2.05, 4.69) is 10.6 Å². The predicted molar refractivity (Wildman–Crippen MR) is 102 cm³/mol. The molecule has 2 amide bonds. The second-order valence-electron chi connectivity index (χ2n) is 6.35. The molecule has 8 heteroatoms. The van der Waals surface area contributed by atoms with Gasteiger partial charge in [-0.1, -0.05) is 11.6 Å². The molecule has 2 N–H and O–H groups in total. The highest BCUT2D eigenvalue weighted by atomic mass is 35.5. The average Bonchev–Trinajstić information content (AvgIpc) is 3.22. The number of ether oxygens (including phenoxy) is 1. The fourth-order valence-electron chi connectivity index (χ4n) is 3.06. The second-order valence-corrected chi connectivity index (χ2v) is 6.75. The van der Waals surface area contributed by atoms with Gasteiger partial charge in [0, 0.05) is 30.9 Å². The van der Waals surface area contributed by atoms with E-state index in [1.54, 1.807) is 35.2 Å². The van der Waals surface area contributed by atoms with Crippen molar-refractivity contribution >= 4 is 29.1 Å². The quantitative estimate of drug-likeness (QED) is 0.791. The number of piperidine rings is 1. The van der Waals surface area contributed by atoms with Crippen LogP contribution in [0.1, 0.15) is 23.4 Å². The first-order chi connectivity index (χ1) is 13.1. The van der Waals surface area contributed by atoms with Crippen molar-refractivity contribution in [2.75, 3.05) is 32.1 Å². The van der Waals surface area contributed by atoms with Gasteiger partial charge in [0.1, 0.15) is 5.75 Å². The Labute approximate surface area is 162 Å². The number of amides is 2. The lowest BCUT2D eigenvalue weighted by atomic mass is 10.1. The van der Waals surface area contributed by atoms with Crippen molar-refractivity contribution in [1.29, 1.82) is 0 Å². The summed E-state index contributed by atoms with van der Waals surface area (Å²) >= 11 is 5.98. The van der Waals surface area contributed by atoms with Crippen LogP contribution in [-0.2, 0) is 4.79 Å². The zero-order valence-electron chi connectivity index (χ0n) is 15.0. The van der Waals surface area contributed by atoms with E-state index in [0.29, 0.717) is 35.3 Å². The molecule has 0 saturated carbocycles. The van der Waals surface area contributed by atoms with Crippen LogP contribution in [0.25, 0.3) is 0 Å². The number of carbonyl (C=O) groups is 2. The molecular formula is C19H22ClN3O4. The van der Waals surface area contributed by atoms with E-state index in [0.717, 1.165) is 12.8 Å². The smallest absolute Gasteiger partial charge is 0.289 e. The van der Waals surface area contributed by atoms with E-state index < -0.39 is 0 Å². The van der Waals surface area contributed by atoms with Crippen LogP contribution < -0.4 is 15.4 Å². The summed E-state index contributed by atoms with van der Waals surface area (Å²) in [6.45, 7) is 1.38. The molecular weight excluding hydrogens is 370 g/mol. The number of hydrogen-bond donors (Lipinski definition) is 2. The fourth-order valence-corrected chi connectivity index (χ4v) is 3.26. The van der Waals surface area contributed by atoms with Crippen LogP contribution >= 0.6 is 11.6 Å². The van der Waals surface area contributed by atoms with Gasteiger partial charge in [-0.05, 0) is 37.1 Å². The summed E-state index contributed by atoms with van der Waals surface area (Å²) in [7, 11) is 1.52. The van der Waals surface area contributed by atoms with Crippen molar-refractivity contribution in [3.05, 3.63) is 47.4 Å². The normalized spacial score (nSPS) is 16.8. The number of methoxy groups -OCH3 is 1. The Kier molecular flexibility index (Phi) is 6.36. The van der Waals surface area contributed by atoms with Crippen LogP contribution in [0.15, 0.2) is 41.0 Å². The van der Waals surface area contributed by atoms with E-state index in [9.17, 15) is 9.59 Å². The standard InChI is InChI=1S/C19H22ClN3O4/c1-26-17-10-13(6-7-15(17)20)22-18(24)11-21-14-4-2-8-23(12-14)19(25)16-5-3-9-27-16/h3,5-7,9-10,14,21H,2,4,8,11-12H2,1H3,(H,22,24). The number of furan rings is 1. The molecule has 1 aromatic heterocycles. The Balaban J connectivity index is 1.49. The minimum Gasteiger partial charge on any atom is -0.495 e. The largest absolute Gasteiger partial charge is 0.495 e. The van der Waals surface area contributed by atoms with Gasteiger partial charge < -0.3 is 24.7 Å². The minimum atomic E-state index is -0.172. The van der Waals surface area contributed by atoms with Crippen molar-refractivity contribution in [3.8, 4) is 5.75 Å². The van der Waals surface area contributed by atoms with Crippen molar-refractivity contribution in [1.82, 2.24) is 10.2 Å². The van der Waals surface area contributed by atoms with E-state index in [1.165, 1.54) is 13.4 Å². The number of carbonyl (C=O) groups excluding carboxylic acids is 2. The van der Waals surface area contributed by atoms with Gasteiger partial charge in [0.2, 0.25) is 5.91 Å². The molecule has 144 valence electrons. The molecule has 1 unspecified atom stereocenters. The molecule has 27 heavy (non-hydrogen) atoms. The first kappa shape index (κ1) is 19.3. The molecule has 1 atom stereocenters. The Bertz CT molecular complexity index is 794. The van der Waals surface area contributed by atoms with Crippen molar-refractivity contribution in [2.45, 2.75) is 18.9 Å². The van der Waals surface area contributed by atoms with Gasteiger partial charge in [-0.25, -0.2) is 0 Å². The van der Waals surface area contributed by atoms with Crippen molar-refractivity contribution in [2.24, 2.45) is 0 Å². The fraction of sp³-hybridized carbons (Fsp3) is 0.368. The molecule has 1 aliphatic heterocycles. The summed E-state index contributed by atoms with van der Waals surface area (Å²) < 4.78 is 10.3. The van der Waals surface area contributed by atoms with Gasteiger partial charge in [0.05, 0.1) is 24.9 Å². The number of likely N-dealkylation sites (tertiary alicyclic amines) is 1. The summed E-state index contributed by atoms with van der Waals surface area (Å²) in [6, 6.07) is 8.47. The lowest BCUT2D eigenvalue weighted by molar-refractivity contribution is -0.115. The third-order valence-electron chi connectivity index (χ3n) is 4.43. The summed E-state index contributed by atoms with van der Waals surface area (Å²) in [6.07, 6.45) is 3.27. The van der Waals surface area contributed by atoms with Crippen LogP contribution in [0.2, 0.25) is 5.02 Å². The first-order valence-corrected chi connectivity index (χ1v) is 9.14. The maximum atomic E-state index is 12.4. The number of anilines is 1. The van der Waals surface area contributed by atoms with Crippen molar-refractivity contribution < 1.29 is 18.7 Å². The van der Waals surface area contributed by atoms with Gasteiger partial charge in [0.15, 0.2) is 5.76 Å². The topological polar surface area (TPSA) is 83.8 Å². The van der Waals surface area contributed by atoms with Gasteiger partial charge in [-0.3, -0.25) is 9.59 Å². The van der Waals surface area contributed by atoms with E-state index >= 15 is 0 Å². The average molecular weight is 392 g/mol. The van der Waals surface area contributed by atoms with Gasteiger partial charge >= 0.3 is 0 Å². The molecule has 0 aliphatic carbocycles. The van der Waals surface area contributed by atoms with Crippen molar-refractivity contribution in [3.63, 3.8) is 0 Å². The van der Waals surface area contributed by atoms with E-state index in [1.807, 2.05) is 0 Å². The third-order valence-corrected chi connectivity index (χ3v) is 4.74. The number of rotatable bonds is 6. The molecule has 0 bridgehead atoms. The zero-order valence-corrected chi connectivity index (χ0v) is 15.8. The highest BCUT2D eigenvalue weighted by Crippen LogP contribution is 2.27. The highest BCUT2D eigenvalue weighted by Gasteiger charge is 2.25. The Morgan fingerprint density at radius 1 is 1.37 bits per heavy atom. The van der Waals surface area contributed by atoms with Gasteiger partial charge in [-0.2, -0.15) is 0 Å². The maximum absolute atomic E-state index is 12.4. The summed E-state index contributed by atoms with van der Waals surface area (Å²) in [5.41, 5.74) is 0.612. The van der Waals surface area contributed by atoms with Crippen LogP contribution in [0, 0.1) is 0 Å².